The Labute approximate surface area is 95.4 Å². The molecular weight excluding hydrogens is 256 g/mol. The summed E-state index contributed by atoms with van der Waals surface area (Å²) in [6.07, 6.45) is 1.72. The minimum absolute atomic E-state index is 0.0702. The Hall–Kier alpha value is -1.55. The molecule has 0 saturated carbocycles. The largest absolute Gasteiger partial charge is 0.399 e. The monoisotopic (exact) mass is 264 g/mol. The van der Waals surface area contributed by atoms with E-state index in [1.807, 2.05) is 0 Å². The molecule has 0 saturated heterocycles. The summed E-state index contributed by atoms with van der Waals surface area (Å²) < 4.78 is 0.747. The smallest absolute Gasteiger partial charge is 0.210 e. The van der Waals surface area contributed by atoms with E-state index < -0.39 is 0 Å². The van der Waals surface area contributed by atoms with Gasteiger partial charge in [-0.3, -0.25) is 4.79 Å². The number of anilines is 1. The second-order valence-corrected chi connectivity index (χ2v) is 4.01. The quantitative estimate of drug-likeness (QED) is 0.647. The van der Waals surface area contributed by atoms with E-state index in [2.05, 4.69) is 20.9 Å². The van der Waals surface area contributed by atoms with Crippen LogP contribution in [0.5, 0.6) is 0 Å². The van der Waals surface area contributed by atoms with Crippen LogP contribution in [0.3, 0.4) is 0 Å². The number of nitrogen functional groups attached to an aromatic ring is 1. The van der Waals surface area contributed by atoms with Crippen molar-refractivity contribution in [2.24, 2.45) is 0 Å². The van der Waals surface area contributed by atoms with E-state index in [-0.39, 0.29) is 5.78 Å². The molecule has 0 unspecified atom stereocenters. The van der Waals surface area contributed by atoms with Crippen molar-refractivity contribution in [1.82, 2.24) is 4.98 Å². The first-order chi connectivity index (χ1) is 7.18. The highest BCUT2D eigenvalue weighted by atomic mass is 79.9. The summed E-state index contributed by atoms with van der Waals surface area (Å²) >= 11 is 3.33. The highest BCUT2D eigenvalue weighted by Gasteiger charge is 2.13. The van der Waals surface area contributed by atoms with Crippen molar-refractivity contribution < 1.29 is 4.79 Å². The zero-order valence-electron chi connectivity index (χ0n) is 7.83. The molecule has 0 atom stereocenters. The van der Waals surface area contributed by atoms with Gasteiger partial charge in [0, 0.05) is 21.9 Å². The molecule has 1 aromatic heterocycles. The van der Waals surface area contributed by atoms with E-state index in [0.29, 0.717) is 16.9 Å². The number of ketones is 1. The lowest BCUT2D eigenvalue weighted by atomic mass is 10.1. The van der Waals surface area contributed by atoms with E-state index in [1.54, 1.807) is 36.5 Å². The van der Waals surface area contributed by atoms with Gasteiger partial charge in [0.1, 0.15) is 0 Å². The van der Waals surface area contributed by atoms with Crippen LogP contribution in [0.25, 0.3) is 0 Å². The molecule has 0 bridgehead atoms. The number of nitrogens with two attached hydrogens (primary N) is 1. The number of benzene rings is 1. The van der Waals surface area contributed by atoms with Crippen LogP contribution in [0.1, 0.15) is 16.1 Å². The zero-order valence-corrected chi connectivity index (χ0v) is 9.41. The summed E-state index contributed by atoms with van der Waals surface area (Å²) in [5, 5.41) is 0. The molecule has 76 valence electrons. The molecule has 0 aliphatic rings. The van der Waals surface area contributed by atoms with Gasteiger partial charge < -0.3 is 10.7 Å². The maximum atomic E-state index is 12.0. The van der Waals surface area contributed by atoms with Crippen LogP contribution in [0.2, 0.25) is 0 Å². The molecule has 3 N–H and O–H groups in total. The SMILES string of the molecule is Nc1ccc(Br)c(C(=O)c2ccc[nH]2)c1. The van der Waals surface area contributed by atoms with Gasteiger partial charge in [0.2, 0.25) is 5.78 Å². The molecule has 0 aliphatic carbocycles. The van der Waals surface area contributed by atoms with E-state index in [1.165, 1.54) is 0 Å². The Kier molecular flexibility index (Phi) is 2.60. The standard InChI is InChI=1S/C11H9BrN2O/c12-9-4-3-7(13)6-8(9)11(15)10-2-1-5-14-10/h1-6,14H,13H2. The number of aromatic amines is 1. The predicted octanol–water partition coefficient (Wildman–Crippen LogP) is 2.59. The van der Waals surface area contributed by atoms with Gasteiger partial charge in [0.05, 0.1) is 5.69 Å². The fourth-order valence-electron chi connectivity index (χ4n) is 1.33. The average Bonchev–Trinajstić information content (AvgIpc) is 2.74. The summed E-state index contributed by atoms with van der Waals surface area (Å²) in [6, 6.07) is 8.69. The van der Waals surface area contributed by atoms with Crippen molar-refractivity contribution >= 4 is 27.4 Å². The summed E-state index contributed by atoms with van der Waals surface area (Å²) in [5.41, 5.74) is 7.34. The van der Waals surface area contributed by atoms with Gasteiger partial charge in [-0.05, 0) is 30.3 Å². The Morgan fingerprint density at radius 1 is 1.33 bits per heavy atom. The van der Waals surface area contributed by atoms with Gasteiger partial charge in [-0.25, -0.2) is 0 Å². The summed E-state index contributed by atoms with van der Waals surface area (Å²) in [7, 11) is 0. The molecule has 2 rings (SSSR count). The van der Waals surface area contributed by atoms with E-state index in [9.17, 15) is 4.79 Å². The molecule has 2 aromatic rings. The number of rotatable bonds is 2. The van der Waals surface area contributed by atoms with Crippen molar-refractivity contribution in [3.8, 4) is 0 Å². The minimum atomic E-state index is -0.0702. The van der Waals surface area contributed by atoms with Crippen LogP contribution in [0.4, 0.5) is 5.69 Å². The number of carbonyl (C=O) groups excluding carboxylic acids is 1. The zero-order chi connectivity index (χ0) is 10.8. The second-order valence-electron chi connectivity index (χ2n) is 3.15. The van der Waals surface area contributed by atoms with Gasteiger partial charge in [0.25, 0.3) is 0 Å². The number of hydrogen-bond donors (Lipinski definition) is 2. The first kappa shape index (κ1) is 9.98. The van der Waals surface area contributed by atoms with E-state index in [4.69, 9.17) is 5.73 Å². The normalized spacial score (nSPS) is 10.2. The lowest BCUT2D eigenvalue weighted by Crippen LogP contribution is -2.03. The Bertz CT molecular complexity index is 491. The maximum absolute atomic E-state index is 12.0. The molecule has 0 radical (unpaired) electrons. The van der Waals surface area contributed by atoms with Crippen molar-refractivity contribution in [3.05, 3.63) is 52.3 Å². The molecule has 0 fully saturated rings. The molecule has 4 heteroatoms. The summed E-state index contributed by atoms with van der Waals surface area (Å²) in [5.74, 6) is -0.0702. The molecule has 15 heavy (non-hydrogen) atoms. The fraction of sp³-hybridized carbons (Fsp3) is 0. The fourth-order valence-corrected chi connectivity index (χ4v) is 1.76. The van der Waals surface area contributed by atoms with Crippen LogP contribution < -0.4 is 5.73 Å². The number of halogens is 1. The topological polar surface area (TPSA) is 58.9 Å². The highest BCUT2D eigenvalue weighted by molar-refractivity contribution is 9.10. The van der Waals surface area contributed by atoms with E-state index in [0.717, 1.165) is 4.47 Å². The average molecular weight is 265 g/mol. The Balaban J connectivity index is 2.46. The van der Waals surface area contributed by atoms with Crippen LogP contribution in [0.15, 0.2) is 41.0 Å². The maximum Gasteiger partial charge on any atom is 0.210 e. The van der Waals surface area contributed by atoms with Gasteiger partial charge in [-0.2, -0.15) is 0 Å². The van der Waals surface area contributed by atoms with Crippen LogP contribution in [-0.4, -0.2) is 10.8 Å². The third-order valence-corrected chi connectivity index (χ3v) is 2.77. The first-order valence-electron chi connectivity index (χ1n) is 4.41. The number of carbonyl (C=O) groups is 1. The molecule has 3 nitrogen and oxygen atoms in total. The van der Waals surface area contributed by atoms with E-state index >= 15 is 0 Å². The number of H-pyrrole nitrogens is 1. The van der Waals surface area contributed by atoms with Crippen LogP contribution >= 0.6 is 15.9 Å². The summed E-state index contributed by atoms with van der Waals surface area (Å²) in [4.78, 5) is 14.8. The third kappa shape index (κ3) is 1.94. The van der Waals surface area contributed by atoms with Gasteiger partial charge >= 0.3 is 0 Å². The molecule has 0 spiro atoms. The lowest BCUT2D eigenvalue weighted by Gasteiger charge is -2.03. The molecule has 1 aromatic carbocycles. The van der Waals surface area contributed by atoms with Gasteiger partial charge in [0.15, 0.2) is 0 Å². The van der Waals surface area contributed by atoms with Crippen molar-refractivity contribution in [1.29, 1.82) is 0 Å². The van der Waals surface area contributed by atoms with Gasteiger partial charge in [-0.15, -0.1) is 0 Å². The van der Waals surface area contributed by atoms with Crippen molar-refractivity contribution in [2.75, 3.05) is 5.73 Å². The number of nitrogens with one attached hydrogen (secondary N) is 1. The number of aromatic nitrogens is 1. The van der Waals surface area contributed by atoms with Crippen LogP contribution in [0, 0.1) is 0 Å². The van der Waals surface area contributed by atoms with Crippen LogP contribution in [-0.2, 0) is 0 Å². The molecule has 0 amide bonds. The van der Waals surface area contributed by atoms with Crippen molar-refractivity contribution in [2.45, 2.75) is 0 Å². The molecule has 0 aliphatic heterocycles. The minimum Gasteiger partial charge on any atom is -0.399 e. The highest BCUT2D eigenvalue weighted by Crippen LogP contribution is 2.21. The first-order valence-corrected chi connectivity index (χ1v) is 5.21. The molecule has 1 heterocycles. The third-order valence-electron chi connectivity index (χ3n) is 2.08. The summed E-state index contributed by atoms with van der Waals surface area (Å²) in [6.45, 7) is 0. The number of hydrogen-bond acceptors (Lipinski definition) is 2. The molecular formula is C11H9BrN2O. The Morgan fingerprint density at radius 2 is 2.13 bits per heavy atom. The Morgan fingerprint density at radius 3 is 2.80 bits per heavy atom. The second kappa shape index (κ2) is 3.90. The lowest BCUT2D eigenvalue weighted by molar-refractivity contribution is 0.103. The van der Waals surface area contributed by atoms with Gasteiger partial charge in [-0.1, -0.05) is 15.9 Å². The predicted molar refractivity (Wildman–Crippen MR) is 62.8 cm³/mol. The van der Waals surface area contributed by atoms with Crippen molar-refractivity contribution in [3.63, 3.8) is 0 Å².